The highest BCUT2D eigenvalue weighted by Crippen LogP contribution is 2.11. The first-order valence-corrected chi connectivity index (χ1v) is 4.50. The van der Waals surface area contributed by atoms with E-state index in [1.54, 1.807) is 0 Å². The number of carboxylic acid groups (broad SMARTS) is 1. The molecule has 0 amide bonds. The zero-order chi connectivity index (χ0) is 11.1. The summed E-state index contributed by atoms with van der Waals surface area (Å²) in [6.07, 6.45) is 0. The summed E-state index contributed by atoms with van der Waals surface area (Å²) in [5.74, 6) is -1.19. The molecule has 15 heavy (non-hydrogen) atoms. The van der Waals surface area contributed by atoms with Crippen LogP contribution in [0.3, 0.4) is 0 Å². The van der Waals surface area contributed by atoms with Crippen LogP contribution in [0.25, 0.3) is 10.8 Å². The Morgan fingerprint density at radius 3 is 1.40 bits per heavy atom. The van der Waals surface area contributed by atoms with Gasteiger partial charge in [0.25, 0.3) is 0 Å². The van der Waals surface area contributed by atoms with Gasteiger partial charge in [-0.15, -0.1) is 0 Å². The van der Waals surface area contributed by atoms with Gasteiger partial charge in [-0.3, -0.25) is 0 Å². The molecule has 2 rings (SSSR count). The number of rotatable bonds is 1. The van der Waals surface area contributed by atoms with Gasteiger partial charge in [0, 0.05) is 0 Å². The Hall–Kier alpha value is -1.87. The third kappa shape index (κ3) is 3.79. The predicted octanol–water partition coefficient (Wildman–Crippen LogP) is 1.90. The predicted molar refractivity (Wildman–Crippen MR) is 58.7 cm³/mol. The minimum atomic E-state index is -1.19. The van der Waals surface area contributed by atoms with Crippen molar-refractivity contribution in [2.24, 2.45) is 0 Å². The van der Waals surface area contributed by atoms with Gasteiger partial charge < -0.3 is 10.2 Å². The number of carbonyl (C=O) groups is 1. The second-order valence-electron chi connectivity index (χ2n) is 2.90. The normalized spacial score (nSPS) is 9.13. The molecule has 0 saturated carbocycles. The summed E-state index contributed by atoms with van der Waals surface area (Å²) < 4.78 is 0. The van der Waals surface area contributed by atoms with Gasteiger partial charge in [0.15, 0.2) is 0 Å². The summed E-state index contributed by atoms with van der Waals surface area (Å²) in [6.45, 7) is -0.778. The Balaban J connectivity index is 0.000000195. The summed E-state index contributed by atoms with van der Waals surface area (Å²) in [5, 5.41) is 17.6. The Kier molecular flexibility index (Phi) is 4.31. The lowest BCUT2D eigenvalue weighted by Crippen LogP contribution is -1.98. The van der Waals surface area contributed by atoms with E-state index < -0.39 is 12.6 Å². The van der Waals surface area contributed by atoms with Crippen molar-refractivity contribution in [3.8, 4) is 0 Å². The van der Waals surface area contributed by atoms with Crippen LogP contribution in [0.2, 0.25) is 0 Å². The van der Waals surface area contributed by atoms with Crippen LogP contribution in [0, 0.1) is 0 Å². The number of aliphatic hydroxyl groups is 1. The standard InChI is InChI=1S/C10H8.C2H4O3/c1-2-6-10-8-4-3-7-9(10)5-1;3-1-2(4)5/h1-8H;3H,1H2,(H,4,5). The highest BCUT2D eigenvalue weighted by atomic mass is 16.4. The molecule has 0 radical (unpaired) electrons. The molecule has 78 valence electrons. The molecule has 3 nitrogen and oxygen atoms in total. The van der Waals surface area contributed by atoms with Crippen molar-refractivity contribution in [3.63, 3.8) is 0 Å². The minimum Gasteiger partial charge on any atom is -0.480 e. The molecule has 0 saturated heterocycles. The number of aliphatic carboxylic acids is 1. The van der Waals surface area contributed by atoms with Crippen LogP contribution in [0.5, 0.6) is 0 Å². The Morgan fingerprint density at radius 2 is 1.20 bits per heavy atom. The molecular formula is C12H12O3. The minimum absolute atomic E-state index is 0.778. The van der Waals surface area contributed by atoms with Crippen molar-refractivity contribution in [2.45, 2.75) is 0 Å². The molecule has 2 aromatic carbocycles. The fourth-order valence-corrected chi connectivity index (χ4v) is 1.13. The van der Waals surface area contributed by atoms with Gasteiger partial charge in [0.05, 0.1) is 0 Å². The summed E-state index contributed by atoms with van der Waals surface area (Å²) in [7, 11) is 0. The van der Waals surface area contributed by atoms with Crippen LogP contribution in [-0.2, 0) is 4.79 Å². The third-order valence-corrected chi connectivity index (χ3v) is 1.79. The fourth-order valence-electron chi connectivity index (χ4n) is 1.13. The van der Waals surface area contributed by atoms with Crippen molar-refractivity contribution in [2.75, 3.05) is 6.61 Å². The summed E-state index contributed by atoms with van der Waals surface area (Å²) in [5.41, 5.74) is 0. The van der Waals surface area contributed by atoms with E-state index in [2.05, 4.69) is 48.5 Å². The molecule has 0 atom stereocenters. The van der Waals surface area contributed by atoms with E-state index in [1.165, 1.54) is 10.8 Å². The molecule has 3 heteroatoms. The number of hydrogen-bond acceptors (Lipinski definition) is 2. The van der Waals surface area contributed by atoms with E-state index in [-0.39, 0.29) is 0 Å². The molecule has 0 aliphatic carbocycles. The van der Waals surface area contributed by atoms with E-state index in [9.17, 15) is 0 Å². The van der Waals surface area contributed by atoms with Crippen molar-refractivity contribution in [1.82, 2.24) is 0 Å². The SMILES string of the molecule is O=C(O)CO.c1ccc2ccccc2c1. The number of carboxylic acids is 1. The number of hydrogen-bond donors (Lipinski definition) is 2. The van der Waals surface area contributed by atoms with Gasteiger partial charge in [0.1, 0.15) is 6.61 Å². The third-order valence-electron chi connectivity index (χ3n) is 1.79. The van der Waals surface area contributed by atoms with E-state index in [0.29, 0.717) is 0 Å². The summed E-state index contributed by atoms with van der Waals surface area (Å²) >= 11 is 0. The Bertz CT molecular complexity index is 372. The quantitative estimate of drug-likeness (QED) is 0.745. The highest BCUT2D eigenvalue weighted by molar-refractivity contribution is 5.81. The second-order valence-corrected chi connectivity index (χ2v) is 2.90. The Morgan fingerprint density at radius 1 is 0.933 bits per heavy atom. The molecule has 0 heterocycles. The molecule has 0 aliphatic heterocycles. The van der Waals surface area contributed by atoms with Crippen LogP contribution >= 0.6 is 0 Å². The Labute approximate surface area is 87.6 Å². The van der Waals surface area contributed by atoms with Crippen molar-refractivity contribution in [3.05, 3.63) is 48.5 Å². The highest BCUT2D eigenvalue weighted by Gasteiger charge is 1.85. The van der Waals surface area contributed by atoms with Crippen LogP contribution in [0.15, 0.2) is 48.5 Å². The van der Waals surface area contributed by atoms with Gasteiger partial charge in [-0.25, -0.2) is 4.79 Å². The molecule has 0 bridgehead atoms. The molecule has 0 spiro atoms. The lowest BCUT2D eigenvalue weighted by Gasteiger charge is -1.92. The van der Waals surface area contributed by atoms with Crippen LogP contribution in [0.1, 0.15) is 0 Å². The van der Waals surface area contributed by atoms with Crippen molar-refractivity contribution < 1.29 is 15.0 Å². The largest absolute Gasteiger partial charge is 0.480 e. The number of benzene rings is 2. The van der Waals surface area contributed by atoms with E-state index in [4.69, 9.17) is 15.0 Å². The van der Waals surface area contributed by atoms with Crippen molar-refractivity contribution >= 4 is 16.7 Å². The van der Waals surface area contributed by atoms with E-state index in [1.807, 2.05) is 0 Å². The first-order valence-electron chi connectivity index (χ1n) is 4.50. The van der Waals surface area contributed by atoms with Gasteiger partial charge in [-0.1, -0.05) is 48.5 Å². The molecule has 0 fully saturated rings. The van der Waals surface area contributed by atoms with Gasteiger partial charge in [-0.2, -0.15) is 0 Å². The molecule has 2 N–H and O–H groups in total. The van der Waals surface area contributed by atoms with Gasteiger partial charge >= 0.3 is 5.97 Å². The zero-order valence-corrected chi connectivity index (χ0v) is 8.13. The van der Waals surface area contributed by atoms with Crippen LogP contribution < -0.4 is 0 Å². The monoisotopic (exact) mass is 204 g/mol. The summed E-state index contributed by atoms with van der Waals surface area (Å²) in [4.78, 5) is 9.12. The lowest BCUT2D eigenvalue weighted by atomic mass is 10.1. The average molecular weight is 204 g/mol. The summed E-state index contributed by atoms with van der Waals surface area (Å²) in [6, 6.07) is 16.7. The fraction of sp³-hybridized carbons (Fsp3) is 0.0833. The number of aliphatic hydroxyl groups excluding tert-OH is 1. The van der Waals surface area contributed by atoms with Gasteiger partial charge in [0.2, 0.25) is 0 Å². The molecule has 2 aromatic rings. The smallest absolute Gasteiger partial charge is 0.329 e. The molecular weight excluding hydrogens is 192 g/mol. The van der Waals surface area contributed by atoms with E-state index in [0.717, 1.165) is 0 Å². The molecule has 0 aromatic heterocycles. The first-order chi connectivity index (χ1) is 7.24. The zero-order valence-electron chi connectivity index (χ0n) is 8.13. The van der Waals surface area contributed by atoms with Crippen LogP contribution in [-0.4, -0.2) is 22.8 Å². The van der Waals surface area contributed by atoms with Crippen LogP contribution in [0.4, 0.5) is 0 Å². The molecule has 0 unspecified atom stereocenters. The number of fused-ring (bicyclic) bond motifs is 1. The maximum absolute atomic E-state index is 9.12. The second kappa shape index (κ2) is 5.78. The lowest BCUT2D eigenvalue weighted by molar-refractivity contribution is -0.140. The molecule has 0 aliphatic rings. The van der Waals surface area contributed by atoms with Gasteiger partial charge in [-0.05, 0) is 10.8 Å². The topological polar surface area (TPSA) is 57.5 Å². The van der Waals surface area contributed by atoms with Crippen molar-refractivity contribution in [1.29, 1.82) is 0 Å². The average Bonchev–Trinajstić information content (AvgIpc) is 2.30. The van der Waals surface area contributed by atoms with E-state index >= 15 is 0 Å². The first kappa shape index (κ1) is 11.2. The maximum Gasteiger partial charge on any atom is 0.329 e. The maximum atomic E-state index is 9.12.